The van der Waals surface area contributed by atoms with Gasteiger partial charge in [-0.3, -0.25) is 9.69 Å². The third kappa shape index (κ3) is 4.40. The Morgan fingerprint density at radius 1 is 1.52 bits per heavy atom. The van der Waals surface area contributed by atoms with E-state index < -0.39 is 0 Å². The molecule has 0 radical (unpaired) electrons. The Bertz CT molecular complexity index is 482. The number of nitrogens with two attached hydrogens (primary N) is 1. The van der Waals surface area contributed by atoms with Crippen LogP contribution in [0.5, 0.6) is 0 Å². The first kappa shape index (κ1) is 16.2. The van der Waals surface area contributed by atoms with Crippen LogP contribution >= 0.6 is 11.6 Å². The quantitative estimate of drug-likeness (QED) is 0.817. The van der Waals surface area contributed by atoms with Gasteiger partial charge in [0.2, 0.25) is 5.91 Å². The van der Waals surface area contributed by atoms with Crippen LogP contribution in [0.25, 0.3) is 0 Å². The van der Waals surface area contributed by atoms with Crippen molar-refractivity contribution < 1.29 is 4.79 Å². The molecule has 0 bridgehead atoms. The number of anilines is 1. The molecule has 1 aromatic rings. The molecule has 3 N–H and O–H groups in total. The Morgan fingerprint density at radius 3 is 3.00 bits per heavy atom. The summed E-state index contributed by atoms with van der Waals surface area (Å²) in [5, 5.41) is 3.12. The maximum Gasteiger partial charge on any atom is 0.238 e. The number of nitrogens with zero attached hydrogens (tertiary/aromatic N) is 2. The predicted octanol–water partition coefficient (Wildman–Crippen LogP) is 2.12. The molecule has 1 aromatic heterocycles. The normalized spacial score (nSPS) is 22.3. The molecule has 1 heterocycles. The molecule has 5 nitrogen and oxygen atoms in total. The molecule has 2 unspecified atom stereocenters. The van der Waals surface area contributed by atoms with E-state index in [9.17, 15) is 4.79 Å². The summed E-state index contributed by atoms with van der Waals surface area (Å²) in [5.41, 5.74) is 6.41. The third-order valence-corrected chi connectivity index (χ3v) is 4.47. The van der Waals surface area contributed by atoms with E-state index in [1.54, 1.807) is 18.3 Å². The van der Waals surface area contributed by atoms with Crippen LogP contribution in [0.15, 0.2) is 18.3 Å². The van der Waals surface area contributed by atoms with Crippen LogP contribution in [0.2, 0.25) is 5.15 Å². The zero-order chi connectivity index (χ0) is 15.2. The summed E-state index contributed by atoms with van der Waals surface area (Å²) < 4.78 is 0. The average Bonchev–Trinajstić information content (AvgIpc) is 2.49. The molecule has 0 aromatic carbocycles. The molecular weight excluding hydrogens is 288 g/mol. The number of halogens is 1. The van der Waals surface area contributed by atoms with Gasteiger partial charge in [0, 0.05) is 12.2 Å². The number of hydrogen-bond donors (Lipinski definition) is 2. The van der Waals surface area contributed by atoms with E-state index in [1.165, 1.54) is 12.8 Å². The van der Waals surface area contributed by atoms with Crippen molar-refractivity contribution in [2.75, 3.05) is 25.5 Å². The summed E-state index contributed by atoms with van der Waals surface area (Å²) in [6.45, 7) is 1.03. The van der Waals surface area contributed by atoms with Gasteiger partial charge in [0.25, 0.3) is 0 Å². The monoisotopic (exact) mass is 310 g/mol. The summed E-state index contributed by atoms with van der Waals surface area (Å²) in [5.74, 6) is 0.410. The number of rotatable bonds is 5. The summed E-state index contributed by atoms with van der Waals surface area (Å²) in [6.07, 6.45) is 6.31. The van der Waals surface area contributed by atoms with E-state index in [2.05, 4.69) is 15.2 Å². The molecular formula is C15H23ClN4O. The number of aromatic nitrogens is 1. The molecule has 1 amide bonds. The number of carbonyl (C=O) groups is 1. The molecule has 0 spiro atoms. The van der Waals surface area contributed by atoms with Crippen LogP contribution in [0.3, 0.4) is 0 Å². The minimum atomic E-state index is -0.0752. The highest BCUT2D eigenvalue weighted by Crippen LogP contribution is 2.27. The molecule has 21 heavy (non-hydrogen) atoms. The first-order valence-electron chi connectivity index (χ1n) is 7.42. The Kier molecular flexibility index (Phi) is 5.96. The summed E-state index contributed by atoms with van der Waals surface area (Å²) >= 11 is 5.94. The molecule has 0 aliphatic heterocycles. The fraction of sp³-hybridized carbons (Fsp3) is 0.600. The van der Waals surface area contributed by atoms with Gasteiger partial charge in [-0.2, -0.15) is 0 Å². The van der Waals surface area contributed by atoms with Crippen molar-refractivity contribution in [1.29, 1.82) is 0 Å². The van der Waals surface area contributed by atoms with Crippen molar-refractivity contribution >= 4 is 23.2 Å². The van der Waals surface area contributed by atoms with Gasteiger partial charge in [-0.25, -0.2) is 4.98 Å². The molecule has 2 rings (SSSR count). The minimum absolute atomic E-state index is 0.0752. The summed E-state index contributed by atoms with van der Waals surface area (Å²) in [6, 6.07) is 3.88. The zero-order valence-electron chi connectivity index (χ0n) is 12.4. The second-order valence-electron chi connectivity index (χ2n) is 5.65. The minimum Gasteiger partial charge on any atom is -0.330 e. The predicted molar refractivity (Wildman–Crippen MR) is 85.3 cm³/mol. The molecule has 1 saturated carbocycles. The second-order valence-corrected chi connectivity index (χ2v) is 6.01. The maximum atomic E-state index is 12.1. The van der Waals surface area contributed by atoms with Gasteiger partial charge in [-0.15, -0.1) is 0 Å². The fourth-order valence-corrected chi connectivity index (χ4v) is 3.22. The number of carbonyl (C=O) groups excluding carboxylic acids is 1. The molecule has 2 atom stereocenters. The van der Waals surface area contributed by atoms with Crippen LogP contribution in [0.4, 0.5) is 5.69 Å². The van der Waals surface area contributed by atoms with E-state index >= 15 is 0 Å². The smallest absolute Gasteiger partial charge is 0.238 e. The van der Waals surface area contributed by atoms with E-state index in [0.29, 0.717) is 35.9 Å². The zero-order valence-corrected chi connectivity index (χ0v) is 13.1. The second kappa shape index (κ2) is 7.73. The maximum absolute atomic E-state index is 12.1. The molecule has 1 aliphatic rings. The SMILES string of the molecule is CN(CC(=O)Nc1cccnc1Cl)C1CCCCC1CN. The summed E-state index contributed by atoms with van der Waals surface area (Å²) in [4.78, 5) is 18.2. The molecule has 116 valence electrons. The molecule has 0 saturated heterocycles. The van der Waals surface area contributed by atoms with Gasteiger partial charge in [-0.1, -0.05) is 24.4 Å². The van der Waals surface area contributed by atoms with E-state index in [0.717, 1.165) is 12.8 Å². The number of amides is 1. The molecule has 6 heteroatoms. The third-order valence-electron chi connectivity index (χ3n) is 4.16. The number of pyridine rings is 1. The average molecular weight is 311 g/mol. The van der Waals surface area contributed by atoms with Crippen LogP contribution in [-0.2, 0) is 4.79 Å². The first-order valence-corrected chi connectivity index (χ1v) is 7.80. The Hall–Kier alpha value is -1.17. The van der Waals surface area contributed by atoms with Crippen molar-refractivity contribution in [2.24, 2.45) is 11.7 Å². The van der Waals surface area contributed by atoms with Gasteiger partial charge in [0.15, 0.2) is 5.15 Å². The molecule has 1 aliphatic carbocycles. The number of hydrogen-bond acceptors (Lipinski definition) is 4. The van der Waals surface area contributed by atoms with E-state index in [4.69, 9.17) is 17.3 Å². The lowest BCUT2D eigenvalue weighted by molar-refractivity contribution is -0.117. The van der Waals surface area contributed by atoms with Crippen molar-refractivity contribution in [2.45, 2.75) is 31.7 Å². The van der Waals surface area contributed by atoms with Crippen LogP contribution in [0, 0.1) is 5.92 Å². The highest BCUT2D eigenvalue weighted by Gasteiger charge is 2.28. The Labute approximate surface area is 130 Å². The Morgan fingerprint density at radius 2 is 2.29 bits per heavy atom. The van der Waals surface area contributed by atoms with Crippen LogP contribution in [0.1, 0.15) is 25.7 Å². The van der Waals surface area contributed by atoms with Crippen molar-refractivity contribution in [3.8, 4) is 0 Å². The van der Waals surface area contributed by atoms with Gasteiger partial charge in [0.1, 0.15) is 0 Å². The fourth-order valence-electron chi connectivity index (χ4n) is 3.06. The van der Waals surface area contributed by atoms with Crippen molar-refractivity contribution in [1.82, 2.24) is 9.88 Å². The van der Waals surface area contributed by atoms with Crippen LogP contribution in [-0.4, -0.2) is 42.0 Å². The lowest BCUT2D eigenvalue weighted by Crippen LogP contribution is -2.45. The molecule has 1 fully saturated rings. The highest BCUT2D eigenvalue weighted by atomic mass is 35.5. The number of nitrogens with one attached hydrogen (secondary N) is 1. The van der Waals surface area contributed by atoms with Crippen molar-refractivity contribution in [3.05, 3.63) is 23.5 Å². The van der Waals surface area contributed by atoms with E-state index in [1.807, 2.05) is 7.05 Å². The lowest BCUT2D eigenvalue weighted by Gasteiger charge is -2.37. The topological polar surface area (TPSA) is 71.2 Å². The van der Waals surface area contributed by atoms with Gasteiger partial charge in [-0.05, 0) is 44.5 Å². The highest BCUT2D eigenvalue weighted by molar-refractivity contribution is 6.32. The van der Waals surface area contributed by atoms with Gasteiger partial charge in [0.05, 0.1) is 12.2 Å². The van der Waals surface area contributed by atoms with Crippen molar-refractivity contribution in [3.63, 3.8) is 0 Å². The number of likely N-dealkylation sites (N-methyl/N-ethyl adjacent to an activating group) is 1. The first-order chi connectivity index (χ1) is 10.1. The van der Waals surface area contributed by atoms with E-state index in [-0.39, 0.29) is 5.91 Å². The lowest BCUT2D eigenvalue weighted by atomic mass is 9.84. The standard InChI is InChI=1S/C15H23ClN4O/c1-20(13-7-3-2-5-11(13)9-17)10-14(21)19-12-6-4-8-18-15(12)16/h4,6,8,11,13H,2-3,5,7,9-10,17H2,1H3,(H,19,21). The van der Waals surface area contributed by atoms with Gasteiger partial charge >= 0.3 is 0 Å². The largest absolute Gasteiger partial charge is 0.330 e. The van der Waals surface area contributed by atoms with Gasteiger partial charge < -0.3 is 11.1 Å². The Balaban J connectivity index is 1.91. The summed E-state index contributed by atoms with van der Waals surface area (Å²) in [7, 11) is 1.99. The van der Waals surface area contributed by atoms with Crippen LogP contribution < -0.4 is 11.1 Å².